The first-order valence-corrected chi connectivity index (χ1v) is 12.0. The van der Waals surface area contributed by atoms with E-state index in [9.17, 15) is 13.2 Å². The minimum Gasteiger partial charge on any atom is -0.345 e. The lowest BCUT2D eigenvalue weighted by atomic mass is 10.0. The average molecular weight is 463 g/mol. The SMILES string of the molecule is CN(C)S(=O)(=O)c1cccc(C(=O)NC(Cc2nc3ccccc3n2C)c2ccccc2)c1. The molecule has 1 unspecified atom stereocenters. The molecule has 0 bridgehead atoms. The number of carbonyl (C=O) groups is 1. The maximum atomic E-state index is 13.2. The van der Waals surface area contributed by atoms with Gasteiger partial charge in [0.2, 0.25) is 10.0 Å². The van der Waals surface area contributed by atoms with Crippen molar-refractivity contribution in [2.45, 2.75) is 17.4 Å². The smallest absolute Gasteiger partial charge is 0.251 e. The van der Waals surface area contributed by atoms with Gasteiger partial charge in [0.15, 0.2) is 0 Å². The largest absolute Gasteiger partial charge is 0.345 e. The number of rotatable bonds is 7. The molecule has 1 atom stereocenters. The fourth-order valence-electron chi connectivity index (χ4n) is 3.75. The van der Waals surface area contributed by atoms with Crippen LogP contribution in [0.3, 0.4) is 0 Å². The number of imidazole rings is 1. The van der Waals surface area contributed by atoms with Gasteiger partial charge < -0.3 is 9.88 Å². The Hall–Kier alpha value is -3.49. The van der Waals surface area contributed by atoms with Gasteiger partial charge in [-0.1, -0.05) is 48.5 Å². The molecule has 4 aromatic rings. The highest BCUT2D eigenvalue weighted by Gasteiger charge is 2.22. The molecule has 8 heteroatoms. The van der Waals surface area contributed by atoms with Crippen LogP contribution in [0.5, 0.6) is 0 Å². The lowest BCUT2D eigenvalue weighted by molar-refractivity contribution is 0.0936. The van der Waals surface area contributed by atoms with Gasteiger partial charge in [0.1, 0.15) is 5.82 Å². The van der Waals surface area contributed by atoms with E-state index in [2.05, 4.69) is 5.32 Å². The average Bonchev–Trinajstić information content (AvgIpc) is 3.14. The lowest BCUT2D eigenvalue weighted by Crippen LogP contribution is -2.31. The van der Waals surface area contributed by atoms with Gasteiger partial charge in [0.25, 0.3) is 5.91 Å². The zero-order valence-corrected chi connectivity index (χ0v) is 19.6. The van der Waals surface area contributed by atoms with Crippen molar-refractivity contribution >= 4 is 27.0 Å². The standard InChI is InChI=1S/C25H26N4O3S/c1-28(2)33(31,32)20-13-9-12-19(16-20)25(30)27-22(18-10-5-4-6-11-18)17-24-26-21-14-7-8-15-23(21)29(24)3/h4-16,22H,17H2,1-3H3,(H,27,30). The Kier molecular flexibility index (Phi) is 6.31. The maximum Gasteiger partial charge on any atom is 0.251 e. The predicted molar refractivity (Wildman–Crippen MR) is 128 cm³/mol. The molecule has 0 fully saturated rings. The Morgan fingerprint density at radius 1 is 1.00 bits per heavy atom. The fourth-order valence-corrected chi connectivity index (χ4v) is 4.70. The molecule has 1 N–H and O–H groups in total. The number of amides is 1. The number of aryl methyl sites for hydroxylation is 1. The Morgan fingerprint density at radius 2 is 1.70 bits per heavy atom. The second-order valence-corrected chi connectivity index (χ2v) is 10.2. The first kappa shape index (κ1) is 22.7. The number of fused-ring (bicyclic) bond motifs is 1. The zero-order valence-electron chi connectivity index (χ0n) is 18.8. The molecule has 3 aromatic carbocycles. The highest BCUT2D eigenvalue weighted by atomic mass is 32.2. The Labute approximate surface area is 193 Å². The van der Waals surface area contributed by atoms with Gasteiger partial charge in [-0.05, 0) is 35.9 Å². The third-order valence-electron chi connectivity index (χ3n) is 5.65. The Morgan fingerprint density at radius 3 is 2.39 bits per heavy atom. The molecule has 1 heterocycles. The van der Waals surface area contributed by atoms with Gasteiger partial charge in [-0.15, -0.1) is 0 Å². The van der Waals surface area contributed by atoms with E-state index in [1.807, 2.05) is 66.2 Å². The Balaban J connectivity index is 1.65. The monoisotopic (exact) mass is 462 g/mol. The van der Waals surface area contributed by atoms with Crippen molar-refractivity contribution in [1.29, 1.82) is 0 Å². The molecule has 1 aromatic heterocycles. The molecule has 170 valence electrons. The van der Waals surface area contributed by atoms with Crippen LogP contribution in [0, 0.1) is 0 Å². The zero-order chi connectivity index (χ0) is 23.6. The summed E-state index contributed by atoms with van der Waals surface area (Å²) in [6.45, 7) is 0. The number of benzene rings is 3. The van der Waals surface area contributed by atoms with Crippen molar-refractivity contribution in [3.05, 3.63) is 95.8 Å². The number of nitrogens with zero attached hydrogens (tertiary/aromatic N) is 3. The summed E-state index contributed by atoms with van der Waals surface area (Å²) >= 11 is 0. The number of hydrogen-bond donors (Lipinski definition) is 1. The van der Waals surface area contributed by atoms with Crippen molar-refractivity contribution in [3.8, 4) is 0 Å². The van der Waals surface area contributed by atoms with E-state index in [1.54, 1.807) is 12.1 Å². The Bertz CT molecular complexity index is 1400. The number of sulfonamides is 1. The first-order chi connectivity index (χ1) is 15.8. The van der Waals surface area contributed by atoms with Crippen LogP contribution in [0.4, 0.5) is 0 Å². The molecular formula is C25H26N4O3S. The van der Waals surface area contributed by atoms with Gasteiger partial charge in [-0.2, -0.15) is 0 Å². The number of carbonyl (C=O) groups excluding carboxylic acids is 1. The van der Waals surface area contributed by atoms with E-state index in [4.69, 9.17) is 4.98 Å². The van der Waals surface area contributed by atoms with E-state index in [-0.39, 0.29) is 22.4 Å². The highest BCUT2D eigenvalue weighted by Crippen LogP contribution is 2.22. The number of aromatic nitrogens is 2. The number of nitrogens with one attached hydrogen (secondary N) is 1. The van der Waals surface area contributed by atoms with Crippen LogP contribution in [0.1, 0.15) is 27.8 Å². The number of para-hydroxylation sites is 2. The van der Waals surface area contributed by atoms with Gasteiger partial charge in [0.05, 0.1) is 22.0 Å². The predicted octanol–water partition coefficient (Wildman–Crippen LogP) is 3.54. The first-order valence-electron chi connectivity index (χ1n) is 10.6. The molecular weight excluding hydrogens is 436 g/mol. The van der Waals surface area contributed by atoms with Crippen LogP contribution in [0.25, 0.3) is 11.0 Å². The minimum absolute atomic E-state index is 0.0757. The van der Waals surface area contributed by atoms with Crippen LogP contribution in [0.2, 0.25) is 0 Å². The summed E-state index contributed by atoms with van der Waals surface area (Å²) in [5.41, 5.74) is 3.14. The molecule has 4 rings (SSSR count). The van der Waals surface area contributed by atoms with Gasteiger partial charge in [-0.25, -0.2) is 17.7 Å². The second-order valence-electron chi connectivity index (χ2n) is 8.03. The fraction of sp³-hybridized carbons (Fsp3) is 0.200. The van der Waals surface area contributed by atoms with Crippen LogP contribution in [-0.2, 0) is 23.5 Å². The van der Waals surface area contributed by atoms with E-state index in [0.717, 1.165) is 26.7 Å². The van der Waals surface area contributed by atoms with Gasteiger partial charge in [0, 0.05) is 33.1 Å². The van der Waals surface area contributed by atoms with E-state index in [1.165, 1.54) is 26.2 Å². The van der Waals surface area contributed by atoms with Crippen LogP contribution >= 0.6 is 0 Å². The molecule has 0 aliphatic heterocycles. The van der Waals surface area contributed by atoms with Crippen LogP contribution in [0.15, 0.2) is 83.8 Å². The van der Waals surface area contributed by atoms with E-state index >= 15 is 0 Å². The summed E-state index contributed by atoms with van der Waals surface area (Å²) in [6, 6.07) is 23.3. The third-order valence-corrected chi connectivity index (χ3v) is 7.46. The quantitative estimate of drug-likeness (QED) is 0.455. The molecule has 0 spiro atoms. The molecule has 33 heavy (non-hydrogen) atoms. The topological polar surface area (TPSA) is 84.3 Å². The summed E-state index contributed by atoms with van der Waals surface area (Å²) < 4.78 is 28.2. The molecule has 0 aliphatic carbocycles. The number of hydrogen-bond acceptors (Lipinski definition) is 4. The van der Waals surface area contributed by atoms with E-state index in [0.29, 0.717) is 6.42 Å². The van der Waals surface area contributed by atoms with Gasteiger partial charge >= 0.3 is 0 Å². The van der Waals surface area contributed by atoms with E-state index < -0.39 is 10.0 Å². The molecule has 0 saturated heterocycles. The van der Waals surface area contributed by atoms with Crippen molar-refractivity contribution in [2.75, 3.05) is 14.1 Å². The van der Waals surface area contributed by atoms with Crippen LogP contribution < -0.4 is 5.32 Å². The second kappa shape index (κ2) is 9.17. The van der Waals surface area contributed by atoms with Crippen LogP contribution in [-0.4, -0.2) is 42.3 Å². The highest BCUT2D eigenvalue weighted by molar-refractivity contribution is 7.89. The van der Waals surface area contributed by atoms with Crippen molar-refractivity contribution in [2.24, 2.45) is 7.05 Å². The summed E-state index contributed by atoms with van der Waals surface area (Å²) in [5.74, 6) is 0.493. The molecule has 0 aliphatic rings. The summed E-state index contributed by atoms with van der Waals surface area (Å²) in [6.07, 6.45) is 0.483. The normalized spacial score (nSPS) is 12.7. The molecule has 7 nitrogen and oxygen atoms in total. The van der Waals surface area contributed by atoms with Crippen molar-refractivity contribution < 1.29 is 13.2 Å². The summed E-state index contributed by atoms with van der Waals surface area (Å²) in [5, 5.41) is 3.08. The summed E-state index contributed by atoms with van der Waals surface area (Å²) in [7, 11) is 1.25. The van der Waals surface area contributed by atoms with Crippen molar-refractivity contribution in [1.82, 2.24) is 19.2 Å². The molecule has 0 radical (unpaired) electrons. The van der Waals surface area contributed by atoms with Gasteiger partial charge in [-0.3, -0.25) is 4.79 Å². The summed E-state index contributed by atoms with van der Waals surface area (Å²) in [4.78, 5) is 18.0. The lowest BCUT2D eigenvalue weighted by Gasteiger charge is -2.20. The minimum atomic E-state index is -3.64. The molecule has 1 amide bonds. The van der Waals surface area contributed by atoms with Crippen molar-refractivity contribution in [3.63, 3.8) is 0 Å². The third kappa shape index (κ3) is 4.67. The maximum absolute atomic E-state index is 13.2. The molecule has 0 saturated carbocycles.